The maximum atomic E-state index is 12.4. The molecule has 14 nitrogen and oxygen atoms in total. The van der Waals surface area contributed by atoms with Crippen molar-refractivity contribution >= 4 is 35.4 Å². The van der Waals surface area contributed by atoms with Crippen LogP contribution >= 0.6 is 0 Å². The third-order valence-corrected chi connectivity index (χ3v) is 6.95. The summed E-state index contributed by atoms with van der Waals surface area (Å²) < 4.78 is 62.6. The molecule has 52 heavy (non-hydrogen) atoms. The molecule has 0 heterocycles. The maximum Gasteiger partial charge on any atom is 0.389 e. The Bertz CT molecular complexity index is 1690. The Balaban J connectivity index is 1.32. The number of rotatable bonds is 20. The highest BCUT2D eigenvalue weighted by atomic mass is 19.4. The molecule has 0 bridgehead atoms. The molecule has 0 spiro atoms. The van der Waals surface area contributed by atoms with Crippen LogP contribution in [0.15, 0.2) is 66.7 Å². The van der Waals surface area contributed by atoms with Gasteiger partial charge in [-0.05, 0) is 87.1 Å². The Labute approximate surface area is 295 Å². The molecular formula is C35H35F3N2O12. The number of nitro benzene ring substituents is 2. The van der Waals surface area contributed by atoms with Gasteiger partial charge in [-0.15, -0.1) is 0 Å². The molecule has 0 unspecified atom stereocenters. The van der Waals surface area contributed by atoms with Gasteiger partial charge in [-0.25, -0.2) is 14.4 Å². The zero-order valence-corrected chi connectivity index (χ0v) is 27.9. The number of unbranched alkanes of at least 4 members (excludes halogenated alkanes) is 3. The number of hydrogen-bond acceptors (Lipinski definition) is 12. The van der Waals surface area contributed by atoms with E-state index in [4.69, 9.17) is 23.7 Å². The molecule has 0 radical (unpaired) electrons. The Hall–Kier alpha value is -6.00. The van der Waals surface area contributed by atoms with E-state index in [1.165, 1.54) is 55.5 Å². The van der Waals surface area contributed by atoms with E-state index in [0.717, 1.165) is 12.1 Å². The normalized spacial score (nSPS) is 11.2. The fraction of sp³-hybridized carbons (Fsp3) is 0.343. The Morgan fingerprint density at radius 1 is 0.712 bits per heavy atom. The number of benzene rings is 3. The van der Waals surface area contributed by atoms with Gasteiger partial charge in [0.1, 0.15) is 11.5 Å². The van der Waals surface area contributed by atoms with Gasteiger partial charge in [0.15, 0.2) is 0 Å². The fourth-order valence-corrected chi connectivity index (χ4v) is 4.43. The van der Waals surface area contributed by atoms with Gasteiger partial charge in [-0.1, -0.05) is 12.1 Å². The largest absolute Gasteiger partial charge is 0.494 e. The number of esters is 3. The van der Waals surface area contributed by atoms with Gasteiger partial charge >= 0.3 is 35.5 Å². The molecule has 3 rings (SSSR count). The summed E-state index contributed by atoms with van der Waals surface area (Å²) in [6.07, 6.45) is -0.408. The van der Waals surface area contributed by atoms with Crippen LogP contribution in [0.2, 0.25) is 0 Å². The molecule has 0 atom stereocenters. The highest BCUT2D eigenvalue weighted by Gasteiger charge is 2.30. The van der Waals surface area contributed by atoms with Gasteiger partial charge in [-0.3, -0.25) is 20.2 Å². The van der Waals surface area contributed by atoms with Crippen molar-refractivity contribution in [1.82, 2.24) is 0 Å². The minimum absolute atomic E-state index is 0.0317. The van der Waals surface area contributed by atoms with E-state index < -0.39 is 57.5 Å². The van der Waals surface area contributed by atoms with Crippen molar-refractivity contribution in [2.75, 3.05) is 26.4 Å². The van der Waals surface area contributed by atoms with Crippen molar-refractivity contribution in [3.8, 4) is 17.2 Å². The number of nitro groups is 2. The quantitative estimate of drug-likeness (QED) is 0.0274. The Kier molecular flexibility index (Phi) is 15.5. The lowest BCUT2D eigenvalue weighted by atomic mass is 10.1. The van der Waals surface area contributed by atoms with E-state index in [1.807, 2.05) is 0 Å². The highest BCUT2D eigenvalue weighted by Crippen LogP contribution is 2.38. The molecule has 0 saturated heterocycles. The van der Waals surface area contributed by atoms with Crippen molar-refractivity contribution in [3.63, 3.8) is 0 Å². The predicted molar refractivity (Wildman–Crippen MR) is 178 cm³/mol. The van der Waals surface area contributed by atoms with Crippen LogP contribution in [-0.2, 0) is 14.3 Å². The summed E-state index contributed by atoms with van der Waals surface area (Å²) >= 11 is 0. The minimum Gasteiger partial charge on any atom is -0.494 e. The average molecular weight is 733 g/mol. The van der Waals surface area contributed by atoms with Gasteiger partial charge in [0.2, 0.25) is 0 Å². The second-order valence-electron chi connectivity index (χ2n) is 10.9. The minimum atomic E-state index is -4.24. The van der Waals surface area contributed by atoms with Gasteiger partial charge in [0.25, 0.3) is 5.75 Å². The summed E-state index contributed by atoms with van der Waals surface area (Å²) in [7, 11) is 0. The first-order chi connectivity index (χ1) is 24.8. The van der Waals surface area contributed by atoms with Crippen LogP contribution < -0.4 is 14.2 Å². The first kappa shape index (κ1) is 40.4. The number of carbonyl (C=O) groups excluding carboxylic acids is 3. The maximum absolute atomic E-state index is 12.4. The first-order valence-corrected chi connectivity index (χ1v) is 16.0. The van der Waals surface area contributed by atoms with Crippen molar-refractivity contribution in [2.24, 2.45) is 0 Å². The Morgan fingerprint density at radius 2 is 1.29 bits per heavy atom. The number of alkyl halides is 3. The van der Waals surface area contributed by atoms with E-state index >= 15 is 0 Å². The smallest absolute Gasteiger partial charge is 0.389 e. The molecule has 0 aliphatic rings. The molecule has 0 aliphatic carbocycles. The van der Waals surface area contributed by atoms with Gasteiger partial charge in [-0.2, -0.15) is 13.2 Å². The van der Waals surface area contributed by atoms with E-state index in [1.54, 1.807) is 12.1 Å². The second kappa shape index (κ2) is 20.0. The lowest BCUT2D eigenvalue weighted by Crippen LogP contribution is -2.10. The van der Waals surface area contributed by atoms with Crippen molar-refractivity contribution in [1.29, 1.82) is 0 Å². The average Bonchev–Trinajstić information content (AvgIpc) is 3.10. The van der Waals surface area contributed by atoms with Crippen molar-refractivity contribution < 1.29 is 61.1 Å². The Morgan fingerprint density at radius 3 is 1.85 bits per heavy atom. The van der Waals surface area contributed by atoms with E-state index in [0.29, 0.717) is 37.0 Å². The molecule has 0 N–H and O–H groups in total. The number of nitrogens with zero attached hydrogens (tertiary/aromatic N) is 2. The topological polar surface area (TPSA) is 184 Å². The van der Waals surface area contributed by atoms with Crippen LogP contribution in [0.1, 0.15) is 71.7 Å². The number of ether oxygens (including phenoxy) is 5. The molecule has 0 amide bonds. The summed E-state index contributed by atoms with van der Waals surface area (Å²) in [6.45, 7) is 1.45. The lowest BCUT2D eigenvalue weighted by molar-refractivity contribution is -0.396. The van der Waals surface area contributed by atoms with Gasteiger partial charge < -0.3 is 23.7 Å². The fourth-order valence-electron chi connectivity index (χ4n) is 4.43. The monoisotopic (exact) mass is 732 g/mol. The third-order valence-electron chi connectivity index (χ3n) is 6.95. The number of halogens is 3. The summed E-state index contributed by atoms with van der Waals surface area (Å²) in [6, 6.07) is 13.8. The van der Waals surface area contributed by atoms with Crippen LogP contribution in [-0.4, -0.2) is 60.4 Å². The van der Waals surface area contributed by atoms with Crippen LogP contribution in [0.25, 0.3) is 6.08 Å². The molecule has 3 aromatic rings. The van der Waals surface area contributed by atoms with Crippen LogP contribution in [0.4, 0.5) is 24.5 Å². The molecule has 17 heteroatoms. The zero-order chi connectivity index (χ0) is 38.1. The van der Waals surface area contributed by atoms with Gasteiger partial charge in [0, 0.05) is 24.6 Å². The van der Waals surface area contributed by atoms with E-state index in [2.05, 4.69) is 0 Å². The molecule has 0 aliphatic heterocycles. The lowest BCUT2D eigenvalue weighted by Gasteiger charge is -2.09. The predicted octanol–water partition coefficient (Wildman–Crippen LogP) is 7.82. The molecule has 278 valence electrons. The summed E-state index contributed by atoms with van der Waals surface area (Å²) in [5.74, 6) is -2.15. The van der Waals surface area contributed by atoms with Crippen molar-refractivity contribution in [2.45, 2.75) is 51.6 Å². The van der Waals surface area contributed by atoms with Crippen LogP contribution in [0, 0.1) is 20.2 Å². The number of hydrogen-bond donors (Lipinski definition) is 0. The van der Waals surface area contributed by atoms with Crippen LogP contribution in [0.5, 0.6) is 17.2 Å². The second-order valence-corrected chi connectivity index (χ2v) is 10.9. The van der Waals surface area contributed by atoms with Crippen molar-refractivity contribution in [3.05, 3.63) is 104 Å². The number of carbonyl (C=O) groups is 3. The molecule has 0 fully saturated rings. The summed E-state index contributed by atoms with van der Waals surface area (Å²) in [5, 5.41) is 22.8. The zero-order valence-electron chi connectivity index (χ0n) is 27.9. The molecule has 0 aromatic heterocycles. The molecule has 3 aromatic carbocycles. The highest BCUT2D eigenvalue weighted by molar-refractivity contribution is 5.92. The first-order valence-electron chi connectivity index (χ1n) is 16.0. The SMILES string of the molecule is CCOc1c([N+](=O)[O-])cc(C(=O)OCCCCCCOC(=O)C=Cc2ccc(OC(=O)c3ccc(OCCCC(F)(F)F)cc3)cc2)cc1[N+](=O)[O-]. The molecule has 0 saturated carbocycles. The third kappa shape index (κ3) is 13.7. The summed E-state index contributed by atoms with van der Waals surface area (Å²) in [5.41, 5.74) is -0.941. The summed E-state index contributed by atoms with van der Waals surface area (Å²) in [4.78, 5) is 57.9. The molecular weight excluding hydrogens is 697 g/mol. The van der Waals surface area contributed by atoms with E-state index in [-0.39, 0.29) is 49.7 Å². The van der Waals surface area contributed by atoms with E-state index in [9.17, 15) is 47.8 Å². The standard InChI is InChI=1S/C35H35F3N2O12/c1-2-48-32-29(39(44)45)22-26(23-30(32)40(46)47)33(42)51-20-6-4-3-5-19-50-31(41)17-10-24-8-13-28(14-9-24)52-34(43)25-11-15-27(16-12-25)49-21-7-18-35(36,37)38/h8-17,22-23H,2-7,18-21H2,1H3. The van der Waals surface area contributed by atoms with Gasteiger partial charge in [0.05, 0.1) is 47.4 Å². The van der Waals surface area contributed by atoms with Crippen LogP contribution in [0.3, 0.4) is 0 Å².